The quantitative estimate of drug-likeness (QED) is 0.595. The number of alkyl halides is 3. The molecular formula is C18H12F3O6S-. The summed E-state index contributed by atoms with van der Waals surface area (Å²) in [5, 5.41) is 0.168. The lowest BCUT2D eigenvalue weighted by molar-refractivity contribution is -0.153. The van der Waals surface area contributed by atoms with Crippen molar-refractivity contribution in [2.24, 2.45) is 0 Å². The van der Waals surface area contributed by atoms with E-state index in [-0.39, 0.29) is 27.8 Å². The Balaban J connectivity index is 1.90. The third kappa shape index (κ3) is 4.90. The molecular weight excluding hydrogens is 401 g/mol. The number of halogens is 3. The van der Waals surface area contributed by atoms with Gasteiger partial charge in [-0.05, 0) is 35.4 Å². The predicted octanol–water partition coefficient (Wildman–Crippen LogP) is 3.45. The summed E-state index contributed by atoms with van der Waals surface area (Å²) in [6, 6.07) is 9.42. The van der Waals surface area contributed by atoms with E-state index in [9.17, 15) is 30.9 Å². The van der Waals surface area contributed by atoms with Crippen molar-refractivity contribution in [3.63, 3.8) is 0 Å². The SMILES string of the molecule is O=c1c(-c2ccc(OCC(F)(F)F)cc2)coc2cc(CS(=O)(=O)[O-])ccc12. The van der Waals surface area contributed by atoms with Crippen LogP contribution in [0.1, 0.15) is 5.56 Å². The van der Waals surface area contributed by atoms with Gasteiger partial charge in [0, 0.05) is 0 Å². The number of hydrogen-bond acceptors (Lipinski definition) is 6. The Bertz CT molecular complexity index is 1160. The summed E-state index contributed by atoms with van der Waals surface area (Å²) in [6.45, 7) is -1.42. The number of benzene rings is 2. The minimum Gasteiger partial charge on any atom is -0.748 e. The zero-order valence-corrected chi connectivity index (χ0v) is 14.8. The fourth-order valence-electron chi connectivity index (χ4n) is 2.56. The first-order valence-electron chi connectivity index (χ1n) is 7.80. The molecule has 0 N–H and O–H groups in total. The summed E-state index contributed by atoms with van der Waals surface area (Å²) in [4.78, 5) is 12.6. The Hall–Kier alpha value is -2.85. The number of ether oxygens (including phenoxy) is 1. The highest BCUT2D eigenvalue weighted by Gasteiger charge is 2.28. The van der Waals surface area contributed by atoms with Gasteiger partial charge < -0.3 is 13.7 Å². The second-order valence-electron chi connectivity index (χ2n) is 5.94. The van der Waals surface area contributed by atoms with Gasteiger partial charge in [-0.2, -0.15) is 13.2 Å². The molecule has 10 heteroatoms. The average Bonchev–Trinajstić information content (AvgIpc) is 2.59. The molecule has 0 aliphatic carbocycles. The molecule has 0 unspecified atom stereocenters. The van der Waals surface area contributed by atoms with Crippen LogP contribution in [-0.4, -0.2) is 25.8 Å². The fourth-order valence-corrected chi connectivity index (χ4v) is 3.15. The van der Waals surface area contributed by atoms with Crippen molar-refractivity contribution in [3.8, 4) is 16.9 Å². The number of hydrogen-bond donors (Lipinski definition) is 0. The maximum Gasteiger partial charge on any atom is 0.422 e. The van der Waals surface area contributed by atoms with Crippen LogP contribution in [0.2, 0.25) is 0 Å². The topological polar surface area (TPSA) is 96.6 Å². The monoisotopic (exact) mass is 413 g/mol. The van der Waals surface area contributed by atoms with E-state index in [1.165, 1.54) is 42.5 Å². The molecule has 0 saturated heterocycles. The summed E-state index contributed by atoms with van der Waals surface area (Å²) in [5.41, 5.74) is 0.451. The molecule has 0 amide bonds. The van der Waals surface area contributed by atoms with Crippen LogP contribution in [0.5, 0.6) is 5.75 Å². The third-order valence-electron chi connectivity index (χ3n) is 3.75. The zero-order valence-electron chi connectivity index (χ0n) is 14.0. The van der Waals surface area contributed by atoms with E-state index in [2.05, 4.69) is 4.74 Å². The van der Waals surface area contributed by atoms with Gasteiger partial charge in [0.1, 0.15) is 17.6 Å². The smallest absolute Gasteiger partial charge is 0.422 e. The number of fused-ring (bicyclic) bond motifs is 1. The molecule has 3 rings (SSSR count). The van der Waals surface area contributed by atoms with E-state index in [1.807, 2.05) is 0 Å². The Morgan fingerprint density at radius 1 is 1.07 bits per heavy atom. The zero-order chi connectivity index (χ0) is 20.5. The van der Waals surface area contributed by atoms with Crippen LogP contribution in [0.15, 0.2) is 57.9 Å². The Morgan fingerprint density at radius 3 is 2.36 bits per heavy atom. The van der Waals surface area contributed by atoms with Crippen molar-refractivity contribution in [3.05, 3.63) is 64.5 Å². The molecule has 0 radical (unpaired) electrons. The first-order chi connectivity index (χ1) is 13.0. The minimum absolute atomic E-state index is 0.00489. The van der Waals surface area contributed by atoms with Gasteiger partial charge in [-0.1, -0.05) is 18.2 Å². The predicted molar refractivity (Wildman–Crippen MR) is 92.9 cm³/mol. The third-order valence-corrected chi connectivity index (χ3v) is 4.44. The van der Waals surface area contributed by atoms with Gasteiger partial charge in [0.05, 0.1) is 26.8 Å². The van der Waals surface area contributed by atoms with Gasteiger partial charge in [-0.3, -0.25) is 4.79 Å². The summed E-state index contributed by atoms with van der Waals surface area (Å²) in [5.74, 6) is -0.733. The molecule has 0 aliphatic heterocycles. The van der Waals surface area contributed by atoms with Gasteiger partial charge in [0.2, 0.25) is 0 Å². The lowest BCUT2D eigenvalue weighted by Crippen LogP contribution is -2.19. The van der Waals surface area contributed by atoms with Gasteiger partial charge in [0.15, 0.2) is 12.0 Å². The lowest BCUT2D eigenvalue weighted by Gasteiger charge is -2.10. The maximum atomic E-state index is 12.6. The second kappa shape index (κ2) is 7.28. The van der Waals surface area contributed by atoms with Crippen LogP contribution < -0.4 is 10.2 Å². The van der Waals surface area contributed by atoms with E-state index < -0.39 is 34.1 Å². The molecule has 6 nitrogen and oxygen atoms in total. The second-order valence-corrected chi connectivity index (χ2v) is 7.34. The molecule has 0 atom stereocenters. The first kappa shape index (κ1) is 19.9. The average molecular weight is 413 g/mol. The van der Waals surface area contributed by atoms with E-state index in [1.54, 1.807) is 0 Å². The van der Waals surface area contributed by atoms with Crippen LogP contribution in [0.3, 0.4) is 0 Å². The Morgan fingerprint density at radius 2 is 1.75 bits per heavy atom. The molecule has 0 saturated carbocycles. The molecule has 148 valence electrons. The standard InChI is InChI=1S/C18H13F3O6S/c19-18(20,21)10-27-13-4-2-12(3-5-13)15-8-26-16-7-11(9-28(23,24)25)1-6-14(16)17(15)22/h1-8H,9-10H2,(H,23,24,25)/p-1. The molecule has 0 spiro atoms. The Labute approximate surface area is 156 Å². The van der Waals surface area contributed by atoms with Gasteiger partial charge in [0.25, 0.3) is 0 Å². The summed E-state index contributed by atoms with van der Waals surface area (Å²) >= 11 is 0. The van der Waals surface area contributed by atoms with Gasteiger partial charge in [-0.25, -0.2) is 8.42 Å². The molecule has 0 aliphatic rings. The number of rotatable bonds is 5. The van der Waals surface area contributed by atoms with Crippen LogP contribution in [0, 0.1) is 0 Å². The highest BCUT2D eigenvalue weighted by atomic mass is 32.2. The van der Waals surface area contributed by atoms with Crippen molar-refractivity contribution < 1.29 is 35.3 Å². The molecule has 2 aromatic carbocycles. The van der Waals surface area contributed by atoms with Crippen molar-refractivity contribution in [2.75, 3.05) is 6.61 Å². The fraction of sp³-hybridized carbons (Fsp3) is 0.167. The highest BCUT2D eigenvalue weighted by molar-refractivity contribution is 7.84. The normalized spacial score (nSPS) is 12.3. The van der Waals surface area contributed by atoms with Crippen molar-refractivity contribution in [1.82, 2.24) is 0 Å². The van der Waals surface area contributed by atoms with Crippen LogP contribution in [0.25, 0.3) is 22.1 Å². The molecule has 0 fully saturated rings. The molecule has 28 heavy (non-hydrogen) atoms. The first-order valence-corrected chi connectivity index (χ1v) is 9.37. The Kier molecular flexibility index (Phi) is 5.18. The van der Waals surface area contributed by atoms with Crippen molar-refractivity contribution in [2.45, 2.75) is 11.9 Å². The minimum atomic E-state index is -4.48. The molecule has 1 aromatic heterocycles. The van der Waals surface area contributed by atoms with E-state index >= 15 is 0 Å². The van der Waals surface area contributed by atoms with Crippen molar-refractivity contribution >= 4 is 21.1 Å². The van der Waals surface area contributed by atoms with Crippen LogP contribution in [-0.2, 0) is 15.9 Å². The van der Waals surface area contributed by atoms with Crippen molar-refractivity contribution in [1.29, 1.82) is 0 Å². The van der Waals surface area contributed by atoms with Gasteiger partial charge >= 0.3 is 6.18 Å². The van der Waals surface area contributed by atoms with E-state index in [4.69, 9.17) is 4.42 Å². The summed E-state index contributed by atoms with van der Waals surface area (Å²) in [6.07, 6.45) is -3.30. The summed E-state index contributed by atoms with van der Waals surface area (Å²) < 4.78 is 79.1. The van der Waals surface area contributed by atoms with Gasteiger partial charge in [-0.15, -0.1) is 0 Å². The highest BCUT2D eigenvalue weighted by Crippen LogP contribution is 2.24. The maximum absolute atomic E-state index is 12.6. The lowest BCUT2D eigenvalue weighted by atomic mass is 10.0. The molecule has 1 heterocycles. The molecule has 0 bridgehead atoms. The van der Waals surface area contributed by atoms with Crippen LogP contribution in [0.4, 0.5) is 13.2 Å². The van der Waals surface area contributed by atoms with Crippen LogP contribution >= 0.6 is 0 Å². The largest absolute Gasteiger partial charge is 0.748 e. The van der Waals surface area contributed by atoms with E-state index in [0.29, 0.717) is 5.56 Å². The summed E-state index contributed by atoms with van der Waals surface area (Å²) in [7, 11) is -4.48. The molecule has 3 aromatic rings. The van der Waals surface area contributed by atoms with E-state index in [0.717, 1.165) is 6.26 Å².